The summed E-state index contributed by atoms with van der Waals surface area (Å²) in [6.07, 6.45) is 3.43. The lowest BCUT2D eigenvalue weighted by Gasteiger charge is -2.14. The highest BCUT2D eigenvalue weighted by Crippen LogP contribution is 2.27. The van der Waals surface area contributed by atoms with Crippen LogP contribution in [-0.4, -0.2) is 44.6 Å². The molecule has 1 aromatic carbocycles. The fourth-order valence-corrected chi connectivity index (χ4v) is 3.77. The monoisotopic (exact) mass is 461 g/mol. The van der Waals surface area contributed by atoms with Gasteiger partial charge < -0.3 is 10.1 Å². The van der Waals surface area contributed by atoms with Crippen LogP contribution in [0.5, 0.6) is 0 Å². The van der Waals surface area contributed by atoms with Crippen molar-refractivity contribution in [3.8, 4) is 11.4 Å². The minimum atomic E-state index is -0.352. The van der Waals surface area contributed by atoms with Crippen LogP contribution in [-0.2, 0) is 16.1 Å². The molecule has 1 atom stereocenters. The van der Waals surface area contributed by atoms with E-state index < -0.39 is 0 Å². The molecule has 1 amide bonds. The summed E-state index contributed by atoms with van der Waals surface area (Å²) in [5.41, 5.74) is 1.65. The van der Waals surface area contributed by atoms with E-state index in [1.54, 1.807) is 19.5 Å². The van der Waals surface area contributed by atoms with E-state index in [0.717, 1.165) is 21.5 Å². The topological polar surface area (TPSA) is 81.9 Å². The molecule has 2 aromatic heterocycles. The second-order valence-corrected chi connectivity index (χ2v) is 8.17. The smallest absolute Gasteiger partial charge is 0.237 e. The molecular formula is C19H20BrN5O2S. The summed E-state index contributed by atoms with van der Waals surface area (Å²) in [4.78, 5) is 16.6. The van der Waals surface area contributed by atoms with E-state index in [4.69, 9.17) is 4.74 Å². The van der Waals surface area contributed by atoms with Crippen LogP contribution in [0, 0.1) is 0 Å². The highest BCUT2D eigenvalue weighted by molar-refractivity contribution is 9.10. The second-order valence-electron chi connectivity index (χ2n) is 5.95. The number of methoxy groups -OCH3 is 1. The molecular weight excluding hydrogens is 442 g/mol. The average molecular weight is 462 g/mol. The van der Waals surface area contributed by atoms with Gasteiger partial charge in [-0.15, -0.1) is 10.2 Å². The third-order valence-corrected chi connectivity index (χ3v) is 5.49. The van der Waals surface area contributed by atoms with Gasteiger partial charge in [-0.25, -0.2) is 0 Å². The summed E-state index contributed by atoms with van der Waals surface area (Å²) in [7, 11) is 1.65. The number of benzene rings is 1. The number of anilines is 1. The van der Waals surface area contributed by atoms with Crippen molar-refractivity contribution in [2.24, 2.45) is 0 Å². The molecule has 146 valence electrons. The number of carbonyl (C=O) groups is 1. The summed E-state index contributed by atoms with van der Waals surface area (Å²) >= 11 is 4.77. The number of hydrogen-bond acceptors (Lipinski definition) is 6. The third kappa shape index (κ3) is 5.18. The number of hydrogen-bond donors (Lipinski definition) is 1. The zero-order chi connectivity index (χ0) is 19.9. The summed E-state index contributed by atoms with van der Waals surface area (Å²) in [5.74, 6) is 0.622. The van der Waals surface area contributed by atoms with Crippen molar-refractivity contribution < 1.29 is 9.53 Å². The van der Waals surface area contributed by atoms with E-state index in [0.29, 0.717) is 18.3 Å². The number of nitrogens with zero attached hydrogens (tertiary/aromatic N) is 4. The van der Waals surface area contributed by atoms with Crippen LogP contribution >= 0.6 is 27.7 Å². The van der Waals surface area contributed by atoms with E-state index >= 15 is 0 Å². The minimum Gasteiger partial charge on any atom is -0.383 e. The van der Waals surface area contributed by atoms with Crippen LogP contribution in [0.25, 0.3) is 11.4 Å². The summed E-state index contributed by atoms with van der Waals surface area (Å²) in [6.45, 7) is 2.95. The maximum Gasteiger partial charge on any atom is 0.237 e. The van der Waals surface area contributed by atoms with E-state index in [1.807, 2.05) is 47.9 Å². The summed E-state index contributed by atoms with van der Waals surface area (Å²) < 4.78 is 8.10. The molecule has 0 fully saturated rings. The maximum atomic E-state index is 12.6. The van der Waals surface area contributed by atoms with Crippen molar-refractivity contribution in [1.29, 1.82) is 0 Å². The summed E-state index contributed by atoms with van der Waals surface area (Å²) in [6, 6.07) is 11.3. The first-order chi connectivity index (χ1) is 13.6. The van der Waals surface area contributed by atoms with Crippen LogP contribution < -0.4 is 5.32 Å². The molecule has 0 aliphatic rings. The van der Waals surface area contributed by atoms with Gasteiger partial charge >= 0.3 is 0 Å². The fraction of sp³-hybridized carbons (Fsp3) is 0.263. The number of ether oxygens (including phenoxy) is 1. The van der Waals surface area contributed by atoms with Gasteiger partial charge in [-0.1, -0.05) is 33.8 Å². The molecule has 0 aliphatic carbocycles. The maximum absolute atomic E-state index is 12.6. The Balaban J connectivity index is 1.77. The van der Waals surface area contributed by atoms with E-state index in [1.165, 1.54) is 11.8 Å². The van der Waals surface area contributed by atoms with Crippen molar-refractivity contribution in [3.63, 3.8) is 0 Å². The van der Waals surface area contributed by atoms with Crippen molar-refractivity contribution in [1.82, 2.24) is 19.7 Å². The van der Waals surface area contributed by atoms with Crippen molar-refractivity contribution in [3.05, 3.63) is 53.3 Å². The standard InChI is InChI=1S/C19H20BrN5O2S/c1-13(18(26)22-16-5-3-4-15(20)12-16)28-19-24-23-17(25(19)10-11-27-2)14-6-8-21-9-7-14/h3-9,12-13H,10-11H2,1-2H3,(H,22,26). The zero-order valence-corrected chi connectivity index (χ0v) is 17.9. The fourth-order valence-electron chi connectivity index (χ4n) is 2.50. The number of nitrogens with one attached hydrogen (secondary N) is 1. The van der Waals surface area contributed by atoms with Gasteiger partial charge in [-0.05, 0) is 37.3 Å². The quantitative estimate of drug-likeness (QED) is 0.512. The van der Waals surface area contributed by atoms with Gasteiger partial charge in [0.25, 0.3) is 0 Å². The Hall–Kier alpha value is -2.23. The predicted molar refractivity (Wildman–Crippen MR) is 113 cm³/mol. The number of pyridine rings is 1. The predicted octanol–water partition coefficient (Wildman–Crippen LogP) is 3.87. The highest BCUT2D eigenvalue weighted by atomic mass is 79.9. The second kappa shape index (κ2) is 9.81. The van der Waals surface area contributed by atoms with Crippen molar-refractivity contribution in [2.45, 2.75) is 23.9 Å². The highest BCUT2D eigenvalue weighted by Gasteiger charge is 2.21. The number of thioether (sulfide) groups is 1. The van der Waals surface area contributed by atoms with Crippen LogP contribution in [0.15, 0.2) is 58.4 Å². The summed E-state index contributed by atoms with van der Waals surface area (Å²) in [5, 5.41) is 11.9. The lowest BCUT2D eigenvalue weighted by atomic mass is 10.2. The first-order valence-electron chi connectivity index (χ1n) is 8.64. The van der Waals surface area contributed by atoms with Crippen LogP contribution in [0.3, 0.4) is 0 Å². The Kier molecular flexibility index (Phi) is 7.18. The molecule has 0 aliphatic heterocycles. The Labute approximate surface area is 176 Å². The zero-order valence-electron chi connectivity index (χ0n) is 15.5. The van der Waals surface area contributed by atoms with E-state index in [9.17, 15) is 4.79 Å². The lowest BCUT2D eigenvalue weighted by molar-refractivity contribution is -0.115. The molecule has 0 radical (unpaired) electrons. The normalized spacial score (nSPS) is 12.0. The van der Waals surface area contributed by atoms with Gasteiger partial charge in [0.1, 0.15) is 0 Å². The SMILES string of the molecule is COCCn1c(SC(C)C(=O)Nc2cccc(Br)c2)nnc1-c1ccncc1. The molecule has 0 saturated carbocycles. The van der Waals surface area contributed by atoms with E-state index in [2.05, 4.69) is 36.4 Å². The van der Waals surface area contributed by atoms with Gasteiger partial charge in [0.05, 0.1) is 18.4 Å². The average Bonchev–Trinajstić information content (AvgIpc) is 3.09. The molecule has 28 heavy (non-hydrogen) atoms. The van der Waals surface area contributed by atoms with Crippen molar-refractivity contribution in [2.75, 3.05) is 19.0 Å². The molecule has 1 N–H and O–H groups in total. The number of aromatic nitrogens is 4. The van der Waals surface area contributed by atoms with Gasteiger partial charge in [-0.3, -0.25) is 14.3 Å². The van der Waals surface area contributed by atoms with Crippen LogP contribution in [0.1, 0.15) is 6.92 Å². The molecule has 0 saturated heterocycles. The first-order valence-corrected chi connectivity index (χ1v) is 10.3. The number of halogens is 1. The molecule has 1 unspecified atom stereocenters. The lowest BCUT2D eigenvalue weighted by Crippen LogP contribution is -2.23. The van der Waals surface area contributed by atoms with Crippen LogP contribution in [0.2, 0.25) is 0 Å². The molecule has 0 bridgehead atoms. The van der Waals surface area contributed by atoms with Gasteiger partial charge in [0.15, 0.2) is 11.0 Å². The molecule has 2 heterocycles. The van der Waals surface area contributed by atoms with Crippen molar-refractivity contribution >= 4 is 39.3 Å². The molecule has 3 aromatic rings. The largest absolute Gasteiger partial charge is 0.383 e. The van der Waals surface area contributed by atoms with Gasteiger partial charge in [-0.2, -0.15) is 0 Å². The molecule has 0 spiro atoms. The Morgan fingerprint density at radius 3 is 2.79 bits per heavy atom. The number of rotatable bonds is 8. The first kappa shape index (κ1) is 20.5. The molecule has 7 nitrogen and oxygen atoms in total. The molecule has 9 heteroatoms. The van der Waals surface area contributed by atoms with Crippen LogP contribution in [0.4, 0.5) is 5.69 Å². The Morgan fingerprint density at radius 1 is 1.29 bits per heavy atom. The minimum absolute atomic E-state index is 0.102. The number of carbonyl (C=O) groups excluding carboxylic acids is 1. The molecule has 3 rings (SSSR count). The number of amides is 1. The van der Waals surface area contributed by atoms with E-state index in [-0.39, 0.29) is 11.2 Å². The van der Waals surface area contributed by atoms with Gasteiger partial charge in [0.2, 0.25) is 5.91 Å². The Bertz CT molecular complexity index is 935. The third-order valence-electron chi connectivity index (χ3n) is 3.92. The van der Waals surface area contributed by atoms with Gasteiger partial charge in [0, 0.05) is 35.2 Å². The Morgan fingerprint density at radius 2 is 2.07 bits per heavy atom.